The van der Waals surface area contributed by atoms with Gasteiger partial charge in [-0.05, 0) is 29.6 Å². The van der Waals surface area contributed by atoms with E-state index in [4.69, 9.17) is 4.43 Å². The van der Waals surface area contributed by atoms with E-state index in [0.29, 0.717) is 13.2 Å². The van der Waals surface area contributed by atoms with Crippen LogP contribution < -0.4 is 0 Å². The zero-order valence-corrected chi connectivity index (χ0v) is 17.3. The summed E-state index contributed by atoms with van der Waals surface area (Å²) in [5.74, 6) is 6.54. The Bertz CT molecular complexity index is 552. The summed E-state index contributed by atoms with van der Waals surface area (Å²) >= 11 is 0. The number of hydrogen-bond donors (Lipinski definition) is 1. The van der Waals surface area contributed by atoms with Crippen LogP contribution in [0.3, 0.4) is 0 Å². The third-order valence-electron chi connectivity index (χ3n) is 4.70. The fourth-order valence-electron chi connectivity index (χ4n) is 2.03. The molecule has 0 aliphatic rings. The van der Waals surface area contributed by atoms with Gasteiger partial charge in [0.15, 0.2) is 8.32 Å². The van der Waals surface area contributed by atoms with Crippen molar-refractivity contribution in [2.24, 2.45) is 5.92 Å². The number of hydroxylamine groups is 2. The Morgan fingerprint density at radius 2 is 1.75 bits per heavy atom. The van der Waals surface area contributed by atoms with E-state index in [2.05, 4.69) is 59.6 Å². The van der Waals surface area contributed by atoms with Crippen LogP contribution in [-0.4, -0.2) is 31.2 Å². The van der Waals surface area contributed by atoms with Crippen LogP contribution in [0.4, 0.5) is 0 Å². The Hall–Kier alpha value is -1.12. The summed E-state index contributed by atoms with van der Waals surface area (Å²) < 4.78 is 6.09. The highest BCUT2D eigenvalue weighted by atomic mass is 28.4. The molecule has 134 valence electrons. The zero-order chi connectivity index (χ0) is 18.4. The molecule has 0 aliphatic heterocycles. The highest BCUT2D eigenvalue weighted by molar-refractivity contribution is 6.74. The van der Waals surface area contributed by atoms with Crippen molar-refractivity contribution in [3.8, 4) is 11.8 Å². The first-order valence-electron chi connectivity index (χ1n) is 8.66. The lowest BCUT2D eigenvalue weighted by Crippen LogP contribution is -2.41. The predicted octanol–water partition coefficient (Wildman–Crippen LogP) is 4.93. The molecule has 0 radical (unpaired) electrons. The topological polar surface area (TPSA) is 32.7 Å². The van der Waals surface area contributed by atoms with Gasteiger partial charge in [-0.2, -0.15) is 5.06 Å². The third kappa shape index (κ3) is 6.41. The fourth-order valence-corrected chi connectivity index (χ4v) is 2.90. The lowest BCUT2D eigenvalue weighted by Gasteiger charge is -2.35. The maximum atomic E-state index is 10.4. The SMILES string of the molecule is CC(C)C(C#CCO[Si](C)(C)C(C)(C)C)N(O)Cc1ccccc1. The summed E-state index contributed by atoms with van der Waals surface area (Å²) in [5, 5.41) is 11.9. The van der Waals surface area contributed by atoms with E-state index < -0.39 is 8.32 Å². The molecule has 1 aromatic carbocycles. The van der Waals surface area contributed by atoms with Crippen molar-refractivity contribution < 1.29 is 9.63 Å². The second kappa shape index (κ2) is 8.82. The van der Waals surface area contributed by atoms with Gasteiger partial charge in [0.25, 0.3) is 0 Å². The molecule has 0 saturated heterocycles. The molecule has 24 heavy (non-hydrogen) atoms. The molecule has 1 aromatic rings. The van der Waals surface area contributed by atoms with Crippen LogP contribution in [0.2, 0.25) is 18.1 Å². The summed E-state index contributed by atoms with van der Waals surface area (Å²) in [6, 6.07) is 9.75. The van der Waals surface area contributed by atoms with E-state index in [0.717, 1.165) is 5.56 Å². The minimum atomic E-state index is -1.77. The first-order valence-corrected chi connectivity index (χ1v) is 11.6. The molecule has 1 rings (SSSR count). The van der Waals surface area contributed by atoms with E-state index in [1.54, 1.807) is 0 Å². The normalized spacial score (nSPS) is 13.8. The molecule has 4 heteroatoms. The fraction of sp³-hybridized carbons (Fsp3) is 0.600. The lowest BCUT2D eigenvalue weighted by molar-refractivity contribution is -0.129. The standard InChI is InChI=1S/C20H33NO2Si/c1-17(2)19(21(22)16-18-12-9-8-10-13-18)14-11-15-23-24(6,7)20(3,4)5/h8-10,12-13,17,19,22H,15-16H2,1-7H3. The van der Waals surface area contributed by atoms with Gasteiger partial charge in [0.2, 0.25) is 0 Å². The molecule has 0 heterocycles. The highest BCUT2D eigenvalue weighted by Crippen LogP contribution is 2.36. The van der Waals surface area contributed by atoms with Crippen molar-refractivity contribution >= 4 is 8.32 Å². The second-order valence-electron chi connectivity index (χ2n) is 8.14. The summed E-state index contributed by atoms with van der Waals surface area (Å²) in [5.41, 5.74) is 1.07. The maximum Gasteiger partial charge on any atom is 0.193 e. The van der Waals surface area contributed by atoms with Gasteiger partial charge in [-0.15, -0.1) is 0 Å². The first kappa shape index (κ1) is 20.9. The molecule has 0 aromatic heterocycles. The number of hydrogen-bond acceptors (Lipinski definition) is 3. The molecule has 1 N–H and O–H groups in total. The minimum Gasteiger partial charge on any atom is -0.406 e. The van der Waals surface area contributed by atoms with Gasteiger partial charge in [0.05, 0.1) is 19.2 Å². The average Bonchev–Trinajstić information content (AvgIpc) is 2.46. The molecule has 0 spiro atoms. The van der Waals surface area contributed by atoms with Crippen molar-refractivity contribution in [3.63, 3.8) is 0 Å². The molecule has 1 unspecified atom stereocenters. The summed E-state index contributed by atoms with van der Waals surface area (Å²) in [7, 11) is -1.77. The van der Waals surface area contributed by atoms with Crippen LogP contribution in [0.5, 0.6) is 0 Å². The number of benzene rings is 1. The largest absolute Gasteiger partial charge is 0.406 e. The monoisotopic (exact) mass is 347 g/mol. The van der Waals surface area contributed by atoms with E-state index in [1.807, 2.05) is 30.3 Å². The van der Waals surface area contributed by atoms with Crippen LogP contribution in [0.1, 0.15) is 40.2 Å². The van der Waals surface area contributed by atoms with Crippen molar-refractivity contribution in [1.29, 1.82) is 0 Å². The quantitative estimate of drug-likeness (QED) is 0.450. The van der Waals surface area contributed by atoms with Gasteiger partial charge in [0, 0.05) is 0 Å². The van der Waals surface area contributed by atoms with Crippen molar-refractivity contribution in [2.75, 3.05) is 6.61 Å². The molecule has 0 bridgehead atoms. The van der Waals surface area contributed by atoms with Crippen LogP contribution in [-0.2, 0) is 11.0 Å². The molecule has 0 fully saturated rings. The predicted molar refractivity (Wildman–Crippen MR) is 103 cm³/mol. The van der Waals surface area contributed by atoms with E-state index in [9.17, 15) is 5.21 Å². The Morgan fingerprint density at radius 1 is 1.17 bits per heavy atom. The maximum absolute atomic E-state index is 10.4. The van der Waals surface area contributed by atoms with Crippen molar-refractivity contribution in [1.82, 2.24) is 5.06 Å². The van der Waals surface area contributed by atoms with Gasteiger partial charge < -0.3 is 9.63 Å². The minimum absolute atomic E-state index is 0.183. The molecular weight excluding hydrogens is 314 g/mol. The summed E-state index contributed by atoms with van der Waals surface area (Å²) in [6.45, 7) is 16.2. The van der Waals surface area contributed by atoms with Gasteiger partial charge in [-0.1, -0.05) is 76.8 Å². The molecule has 1 atom stereocenters. The van der Waals surface area contributed by atoms with E-state index in [-0.39, 0.29) is 17.0 Å². The Kier molecular flexibility index (Phi) is 7.69. The van der Waals surface area contributed by atoms with Crippen LogP contribution >= 0.6 is 0 Å². The number of rotatable bonds is 6. The second-order valence-corrected chi connectivity index (χ2v) is 13.0. The molecular formula is C20H33NO2Si. The van der Waals surface area contributed by atoms with Crippen LogP contribution in [0, 0.1) is 17.8 Å². The van der Waals surface area contributed by atoms with Crippen molar-refractivity contribution in [3.05, 3.63) is 35.9 Å². The molecule has 0 saturated carbocycles. The average molecular weight is 348 g/mol. The van der Waals surface area contributed by atoms with Gasteiger partial charge >= 0.3 is 0 Å². The smallest absolute Gasteiger partial charge is 0.193 e. The Labute approximate surface area is 149 Å². The van der Waals surface area contributed by atoms with Gasteiger partial charge in [-0.25, -0.2) is 0 Å². The summed E-state index contributed by atoms with van der Waals surface area (Å²) in [4.78, 5) is 0. The molecule has 0 amide bonds. The zero-order valence-electron chi connectivity index (χ0n) is 16.3. The van der Waals surface area contributed by atoms with E-state index >= 15 is 0 Å². The van der Waals surface area contributed by atoms with Gasteiger partial charge in [-0.3, -0.25) is 0 Å². The molecule has 3 nitrogen and oxygen atoms in total. The number of nitrogens with zero attached hydrogens (tertiary/aromatic N) is 1. The molecule has 0 aliphatic carbocycles. The highest BCUT2D eigenvalue weighted by Gasteiger charge is 2.36. The first-order chi connectivity index (χ1) is 11.0. The lowest BCUT2D eigenvalue weighted by atomic mass is 10.0. The third-order valence-corrected chi connectivity index (χ3v) is 9.18. The Morgan fingerprint density at radius 3 is 2.25 bits per heavy atom. The summed E-state index contributed by atoms with van der Waals surface area (Å²) in [6.07, 6.45) is 0. The van der Waals surface area contributed by atoms with Gasteiger partial charge in [0.1, 0.15) is 0 Å². The van der Waals surface area contributed by atoms with E-state index in [1.165, 1.54) is 5.06 Å². The van der Waals surface area contributed by atoms with Crippen LogP contribution in [0.15, 0.2) is 30.3 Å². The van der Waals surface area contributed by atoms with Crippen molar-refractivity contribution in [2.45, 2.75) is 65.3 Å². The van der Waals surface area contributed by atoms with Crippen LogP contribution in [0.25, 0.3) is 0 Å². The Balaban J connectivity index is 2.67.